The molecule has 0 unspecified atom stereocenters. The molecular formula is C9H17NS2. The fraction of sp³-hybridized carbons (Fsp3) is 0.889. The Kier molecular flexibility index (Phi) is 3.97. The molecular weight excluding hydrogens is 186 g/mol. The average Bonchev–Trinajstić information content (AvgIpc) is 1.81. The number of aliphatic imine (C=N–C) groups is 1. The van der Waals surface area contributed by atoms with Crippen LogP contribution in [0.5, 0.6) is 0 Å². The summed E-state index contributed by atoms with van der Waals surface area (Å²) in [6.45, 7) is 8.95. The number of hydrogen-bond donors (Lipinski definition) is 0. The zero-order valence-electron chi connectivity index (χ0n) is 8.20. The van der Waals surface area contributed by atoms with Gasteiger partial charge in [-0.2, -0.15) is 0 Å². The Morgan fingerprint density at radius 3 is 2.58 bits per heavy atom. The summed E-state index contributed by atoms with van der Waals surface area (Å²) in [6.07, 6.45) is 1.15. The van der Waals surface area contributed by atoms with Crippen molar-refractivity contribution in [2.24, 2.45) is 10.9 Å². The maximum atomic E-state index is 4.62. The largest absolute Gasteiger partial charge is 0.269 e. The predicted molar refractivity (Wildman–Crippen MR) is 61.0 cm³/mol. The van der Waals surface area contributed by atoms with Crippen molar-refractivity contribution in [2.45, 2.75) is 44.1 Å². The quantitative estimate of drug-likeness (QED) is 0.680. The zero-order valence-corrected chi connectivity index (χ0v) is 9.84. The second-order valence-corrected chi connectivity index (χ2v) is 6.92. The van der Waals surface area contributed by atoms with Crippen LogP contribution in [0.15, 0.2) is 4.99 Å². The summed E-state index contributed by atoms with van der Waals surface area (Å²) in [5.41, 5.74) is 0. The normalized spacial score (nSPS) is 30.6. The highest BCUT2D eigenvalue weighted by molar-refractivity contribution is 8.25. The minimum atomic E-state index is 0.468. The lowest BCUT2D eigenvalue weighted by Crippen LogP contribution is -2.13. The molecule has 0 amide bonds. The molecule has 0 radical (unpaired) electrons. The van der Waals surface area contributed by atoms with Gasteiger partial charge in [0.15, 0.2) is 0 Å². The van der Waals surface area contributed by atoms with E-state index in [4.69, 9.17) is 0 Å². The van der Waals surface area contributed by atoms with E-state index in [0.717, 1.165) is 12.3 Å². The van der Waals surface area contributed by atoms with E-state index in [1.54, 1.807) is 0 Å². The molecule has 0 aromatic carbocycles. The van der Waals surface area contributed by atoms with Gasteiger partial charge in [-0.25, -0.2) is 0 Å². The van der Waals surface area contributed by atoms with Gasteiger partial charge in [0.1, 0.15) is 0 Å². The minimum Gasteiger partial charge on any atom is -0.269 e. The minimum absolute atomic E-state index is 0.468. The van der Waals surface area contributed by atoms with Crippen molar-refractivity contribution in [3.8, 4) is 0 Å². The zero-order chi connectivity index (χ0) is 9.14. The third-order valence-electron chi connectivity index (χ3n) is 1.60. The Balaban J connectivity index is 2.51. The van der Waals surface area contributed by atoms with Gasteiger partial charge in [0, 0.05) is 0 Å². The molecule has 70 valence electrons. The van der Waals surface area contributed by atoms with E-state index in [9.17, 15) is 0 Å². The molecule has 0 bridgehead atoms. The number of thioether (sulfide) groups is 2. The van der Waals surface area contributed by atoms with Crippen LogP contribution < -0.4 is 0 Å². The smallest absolute Gasteiger partial charge is 0.0943 e. The summed E-state index contributed by atoms with van der Waals surface area (Å²) >= 11 is 3.88. The van der Waals surface area contributed by atoms with Crippen LogP contribution >= 0.6 is 23.5 Å². The van der Waals surface area contributed by atoms with Crippen LogP contribution in [0.4, 0.5) is 0 Å². The first-order valence-corrected chi connectivity index (χ1v) is 6.29. The lowest BCUT2D eigenvalue weighted by atomic mass is 10.1. The van der Waals surface area contributed by atoms with Gasteiger partial charge in [0.05, 0.1) is 15.0 Å². The Hall–Kier alpha value is 0.370. The van der Waals surface area contributed by atoms with Crippen molar-refractivity contribution in [1.82, 2.24) is 0 Å². The molecule has 0 saturated carbocycles. The molecule has 1 rings (SSSR count). The molecule has 1 nitrogen and oxygen atoms in total. The number of rotatable bonds is 2. The molecule has 2 atom stereocenters. The van der Waals surface area contributed by atoms with Crippen molar-refractivity contribution in [3.63, 3.8) is 0 Å². The van der Waals surface area contributed by atoms with Crippen molar-refractivity contribution >= 4 is 28.6 Å². The van der Waals surface area contributed by atoms with Crippen LogP contribution in [-0.4, -0.2) is 15.0 Å². The third-order valence-corrected chi connectivity index (χ3v) is 3.98. The first kappa shape index (κ1) is 10.5. The molecule has 0 aromatic rings. The van der Waals surface area contributed by atoms with Gasteiger partial charge in [0.25, 0.3) is 0 Å². The van der Waals surface area contributed by atoms with E-state index in [-0.39, 0.29) is 0 Å². The fourth-order valence-corrected chi connectivity index (χ4v) is 4.09. The highest BCUT2D eigenvalue weighted by atomic mass is 32.2. The molecule has 0 fully saturated rings. The maximum absolute atomic E-state index is 4.62. The van der Waals surface area contributed by atoms with Gasteiger partial charge in [-0.1, -0.05) is 25.6 Å². The Morgan fingerprint density at radius 2 is 2.08 bits per heavy atom. The molecule has 1 heterocycles. The monoisotopic (exact) mass is 203 g/mol. The summed E-state index contributed by atoms with van der Waals surface area (Å²) in [4.78, 5) is 4.62. The van der Waals surface area contributed by atoms with Crippen molar-refractivity contribution in [3.05, 3.63) is 0 Å². The van der Waals surface area contributed by atoms with Crippen LogP contribution in [0.1, 0.15) is 34.1 Å². The molecule has 0 aromatic heterocycles. The van der Waals surface area contributed by atoms with Crippen LogP contribution in [0.3, 0.4) is 0 Å². The highest BCUT2D eigenvalue weighted by Crippen LogP contribution is 2.35. The molecule has 0 aliphatic carbocycles. The first-order chi connectivity index (χ1) is 5.58. The lowest BCUT2D eigenvalue weighted by Gasteiger charge is -2.22. The standard InChI is InChI=1S/C9H17NS2/c1-6(2)5-9-10-7(3)11-8(4)12-9/h6-8H,5H2,1-4H3/t7-,8-/m1/s1. The SMILES string of the molecule is CC(C)CC1=N[C@@H](C)S[C@@H](C)S1. The molecule has 0 N–H and O–H groups in total. The van der Waals surface area contributed by atoms with Crippen LogP contribution in [-0.2, 0) is 0 Å². The van der Waals surface area contributed by atoms with E-state index in [2.05, 4.69) is 32.7 Å². The van der Waals surface area contributed by atoms with Gasteiger partial charge in [-0.3, -0.25) is 4.99 Å². The first-order valence-electron chi connectivity index (χ1n) is 4.46. The Labute approximate surface area is 83.8 Å². The molecule has 3 heteroatoms. The molecule has 0 spiro atoms. The molecule has 1 aliphatic rings. The summed E-state index contributed by atoms with van der Waals surface area (Å²) in [7, 11) is 0. The molecule has 0 saturated heterocycles. The maximum Gasteiger partial charge on any atom is 0.0943 e. The van der Waals surface area contributed by atoms with Gasteiger partial charge in [0.2, 0.25) is 0 Å². The summed E-state index contributed by atoms with van der Waals surface area (Å²) in [5.74, 6) is 0.735. The third kappa shape index (κ3) is 3.40. The van der Waals surface area contributed by atoms with Crippen LogP contribution in [0.2, 0.25) is 0 Å². The topological polar surface area (TPSA) is 12.4 Å². The van der Waals surface area contributed by atoms with Crippen molar-refractivity contribution in [2.75, 3.05) is 0 Å². The van der Waals surface area contributed by atoms with Gasteiger partial charge >= 0.3 is 0 Å². The summed E-state index contributed by atoms with van der Waals surface area (Å²) in [6, 6.07) is 0. The second kappa shape index (κ2) is 4.56. The summed E-state index contributed by atoms with van der Waals surface area (Å²) < 4.78 is 0.686. The highest BCUT2D eigenvalue weighted by Gasteiger charge is 2.18. The fourth-order valence-electron chi connectivity index (χ4n) is 1.21. The van der Waals surface area contributed by atoms with E-state index in [1.807, 2.05) is 23.5 Å². The Morgan fingerprint density at radius 1 is 1.42 bits per heavy atom. The number of hydrogen-bond acceptors (Lipinski definition) is 3. The van der Waals surface area contributed by atoms with Crippen LogP contribution in [0.25, 0.3) is 0 Å². The van der Waals surface area contributed by atoms with E-state index in [0.29, 0.717) is 9.96 Å². The van der Waals surface area contributed by atoms with E-state index in [1.165, 1.54) is 5.04 Å². The summed E-state index contributed by atoms with van der Waals surface area (Å²) in [5, 5.41) is 1.82. The lowest BCUT2D eigenvalue weighted by molar-refractivity contribution is 0.686. The molecule has 1 aliphatic heterocycles. The Bertz CT molecular complexity index is 177. The molecule has 12 heavy (non-hydrogen) atoms. The van der Waals surface area contributed by atoms with Crippen molar-refractivity contribution < 1.29 is 0 Å². The van der Waals surface area contributed by atoms with E-state index >= 15 is 0 Å². The average molecular weight is 203 g/mol. The van der Waals surface area contributed by atoms with Gasteiger partial charge < -0.3 is 0 Å². The van der Waals surface area contributed by atoms with Gasteiger partial charge in [-0.15, -0.1) is 11.8 Å². The van der Waals surface area contributed by atoms with E-state index < -0.39 is 0 Å². The van der Waals surface area contributed by atoms with Crippen LogP contribution in [0, 0.1) is 5.92 Å². The van der Waals surface area contributed by atoms with Crippen molar-refractivity contribution in [1.29, 1.82) is 0 Å². The predicted octanol–water partition coefficient (Wildman–Crippen LogP) is 3.60. The number of nitrogens with zero attached hydrogens (tertiary/aromatic N) is 1. The second-order valence-electron chi connectivity index (χ2n) is 3.54. The van der Waals surface area contributed by atoms with Gasteiger partial charge in [-0.05, 0) is 26.2 Å².